The van der Waals surface area contributed by atoms with Crippen LogP contribution in [0.25, 0.3) is 0 Å². The van der Waals surface area contributed by atoms with E-state index >= 15 is 0 Å². The number of sulfone groups is 1. The van der Waals surface area contributed by atoms with Crippen molar-refractivity contribution < 1.29 is 13.2 Å². The number of amides is 1. The molecule has 4 nitrogen and oxygen atoms in total. The van der Waals surface area contributed by atoms with Gasteiger partial charge in [-0.1, -0.05) is 48.0 Å². The van der Waals surface area contributed by atoms with E-state index in [2.05, 4.69) is 17.4 Å². The lowest BCUT2D eigenvalue weighted by Crippen LogP contribution is -2.33. The van der Waals surface area contributed by atoms with Gasteiger partial charge in [0.25, 0.3) is 0 Å². The lowest BCUT2D eigenvalue weighted by atomic mass is 10.1. The van der Waals surface area contributed by atoms with Crippen LogP contribution in [0.5, 0.6) is 0 Å². The molecule has 1 atom stereocenters. The highest BCUT2D eigenvalue weighted by molar-refractivity contribution is 7.91. The van der Waals surface area contributed by atoms with Crippen LogP contribution in [0.15, 0.2) is 59.5 Å². The maximum absolute atomic E-state index is 12.3. The molecule has 0 aliphatic rings. The number of carbonyl (C=O) groups is 1. The number of carbonyl (C=O) groups excluding carboxylic acids is 1. The maximum atomic E-state index is 12.3. The van der Waals surface area contributed by atoms with Gasteiger partial charge in [0.05, 0.1) is 10.6 Å². The van der Waals surface area contributed by atoms with Crippen molar-refractivity contribution in [3.63, 3.8) is 0 Å². The highest BCUT2D eigenvalue weighted by atomic mass is 32.2. The molecule has 25 heavy (non-hydrogen) atoms. The second kappa shape index (κ2) is 8.81. The number of hydrogen-bond acceptors (Lipinski definition) is 3. The van der Waals surface area contributed by atoms with Gasteiger partial charge in [-0.05, 0) is 44.4 Å². The minimum absolute atomic E-state index is 0.00906. The smallest absolute Gasteiger partial charge is 0.221 e. The van der Waals surface area contributed by atoms with Crippen LogP contribution < -0.4 is 5.32 Å². The summed E-state index contributed by atoms with van der Waals surface area (Å²) in [7, 11) is -3.42. The molecule has 0 unspecified atom stereocenters. The second-order valence-corrected chi connectivity index (χ2v) is 8.48. The van der Waals surface area contributed by atoms with E-state index in [0.717, 1.165) is 18.4 Å². The molecule has 0 aliphatic heterocycles. The molecule has 2 aromatic rings. The fourth-order valence-corrected chi connectivity index (χ4v) is 3.78. The number of rotatable bonds is 8. The average Bonchev–Trinajstić information content (AvgIpc) is 2.60. The third kappa shape index (κ3) is 6.35. The summed E-state index contributed by atoms with van der Waals surface area (Å²) in [6, 6.07) is 16.8. The molecule has 1 N–H and O–H groups in total. The van der Waals surface area contributed by atoms with Crippen molar-refractivity contribution in [2.75, 3.05) is 5.75 Å². The van der Waals surface area contributed by atoms with Gasteiger partial charge in [-0.25, -0.2) is 8.42 Å². The van der Waals surface area contributed by atoms with Gasteiger partial charge in [-0.3, -0.25) is 4.79 Å². The third-order valence-corrected chi connectivity index (χ3v) is 5.83. The molecule has 0 aromatic heterocycles. The third-order valence-electron chi connectivity index (χ3n) is 4.09. The van der Waals surface area contributed by atoms with Crippen LogP contribution >= 0.6 is 0 Å². The van der Waals surface area contributed by atoms with Crippen molar-refractivity contribution in [1.82, 2.24) is 5.32 Å². The molecular formula is C20H25NO3S. The summed E-state index contributed by atoms with van der Waals surface area (Å²) in [6.07, 6.45) is 1.68. The Bertz CT molecular complexity index is 783. The van der Waals surface area contributed by atoms with E-state index in [1.807, 2.05) is 32.0 Å². The SMILES string of the molecule is Cc1ccc(S(=O)(=O)CCC(=O)N[C@@H](C)CCc2ccccc2)cc1. The van der Waals surface area contributed by atoms with Crippen molar-refractivity contribution in [2.45, 2.75) is 44.0 Å². The van der Waals surface area contributed by atoms with Gasteiger partial charge in [0.15, 0.2) is 9.84 Å². The van der Waals surface area contributed by atoms with E-state index in [9.17, 15) is 13.2 Å². The summed E-state index contributed by atoms with van der Waals surface area (Å²) < 4.78 is 24.5. The summed E-state index contributed by atoms with van der Waals surface area (Å²) in [5.74, 6) is -0.399. The molecular weight excluding hydrogens is 334 g/mol. The first kappa shape index (κ1) is 19.2. The summed E-state index contributed by atoms with van der Waals surface area (Å²) in [5, 5.41) is 2.88. The fourth-order valence-electron chi connectivity index (χ4n) is 2.54. The van der Waals surface area contributed by atoms with E-state index in [1.54, 1.807) is 24.3 Å². The van der Waals surface area contributed by atoms with E-state index in [-0.39, 0.29) is 29.0 Å². The van der Waals surface area contributed by atoms with Crippen molar-refractivity contribution in [1.29, 1.82) is 0 Å². The molecule has 0 radical (unpaired) electrons. The van der Waals surface area contributed by atoms with E-state index in [1.165, 1.54) is 5.56 Å². The zero-order valence-corrected chi connectivity index (χ0v) is 15.6. The molecule has 0 fully saturated rings. The molecule has 0 saturated carbocycles. The van der Waals surface area contributed by atoms with Gasteiger partial charge in [0.1, 0.15) is 0 Å². The Kier molecular flexibility index (Phi) is 6.76. The summed E-state index contributed by atoms with van der Waals surface area (Å²) in [6.45, 7) is 3.84. The molecule has 2 rings (SSSR count). The summed E-state index contributed by atoms with van der Waals surface area (Å²) in [4.78, 5) is 12.3. The Morgan fingerprint density at radius 1 is 1.04 bits per heavy atom. The van der Waals surface area contributed by atoms with Gasteiger partial charge < -0.3 is 5.32 Å². The number of hydrogen-bond donors (Lipinski definition) is 1. The molecule has 2 aromatic carbocycles. The van der Waals surface area contributed by atoms with E-state index in [0.29, 0.717) is 0 Å². The van der Waals surface area contributed by atoms with E-state index < -0.39 is 9.84 Å². The topological polar surface area (TPSA) is 63.2 Å². The Balaban J connectivity index is 1.78. The number of nitrogens with one attached hydrogen (secondary N) is 1. The van der Waals surface area contributed by atoms with Crippen LogP contribution in [0.2, 0.25) is 0 Å². The number of benzene rings is 2. The molecule has 0 aliphatic carbocycles. The normalized spacial score (nSPS) is 12.6. The summed E-state index contributed by atoms with van der Waals surface area (Å²) >= 11 is 0. The van der Waals surface area contributed by atoms with E-state index in [4.69, 9.17) is 0 Å². The Hall–Kier alpha value is -2.14. The minimum atomic E-state index is -3.42. The van der Waals surface area contributed by atoms with Crippen LogP contribution in [0.3, 0.4) is 0 Å². The minimum Gasteiger partial charge on any atom is -0.354 e. The van der Waals surface area contributed by atoms with Crippen molar-refractivity contribution >= 4 is 15.7 Å². The van der Waals surface area contributed by atoms with Crippen molar-refractivity contribution in [2.24, 2.45) is 0 Å². The van der Waals surface area contributed by atoms with Gasteiger partial charge in [-0.15, -0.1) is 0 Å². The molecule has 0 spiro atoms. The quantitative estimate of drug-likeness (QED) is 0.786. The number of aryl methyl sites for hydroxylation is 2. The molecule has 1 amide bonds. The van der Waals surface area contributed by atoms with Crippen LogP contribution in [0, 0.1) is 6.92 Å². The monoisotopic (exact) mass is 359 g/mol. The standard InChI is InChI=1S/C20H25NO3S/c1-16-8-12-19(13-9-16)25(23,24)15-14-20(22)21-17(2)10-11-18-6-4-3-5-7-18/h3-9,12-13,17H,10-11,14-15H2,1-2H3,(H,21,22)/t17-/m0/s1. The fraction of sp³-hybridized carbons (Fsp3) is 0.350. The van der Waals surface area contributed by atoms with Crippen LogP contribution in [-0.4, -0.2) is 26.1 Å². The highest BCUT2D eigenvalue weighted by Gasteiger charge is 2.17. The first-order chi connectivity index (χ1) is 11.9. The highest BCUT2D eigenvalue weighted by Crippen LogP contribution is 2.13. The van der Waals surface area contributed by atoms with Gasteiger partial charge in [-0.2, -0.15) is 0 Å². The molecule has 0 bridgehead atoms. The van der Waals surface area contributed by atoms with Gasteiger partial charge in [0, 0.05) is 12.5 Å². The lowest BCUT2D eigenvalue weighted by Gasteiger charge is -2.14. The Morgan fingerprint density at radius 3 is 2.32 bits per heavy atom. The van der Waals surface area contributed by atoms with Crippen LogP contribution in [-0.2, 0) is 21.1 Å². The van der Waals surface area contributed by atoms with Crippen LogP contribution in [0.1, 0.15) is 30.9 Å². The molecule has 0 saturated heterocycles. The first-order valence-corrected chi connectivity index (χ1v) is 10.1. The predicted molar refractivity (Wildman–Crippen MR) is 100 cm³/mol. The maximum Gasteiger partial charge on any atom is 0.221 e. The second-order valence-electron chi connectivity index (χ2n) is 6.37. The average molecular weight is 359 g/mol. The van der Waals surface area contributed by atoms with Gasteiger partial charge in [0.2, 0.25) is 5.91 Å². The van der Waals surface area contributed by atoms with Crippen molar-refractivity contribution in [3.8, 4) is 0 Å². The molecule has 5 heteroatoms. The zero-order chi connectivity index (χ0) is 18.3. The van der Waals surface area contributed by atoms with Crippen LogP contribution in [0.4, 0.5) is 0 Å². The first-order valence-electron chi connectivity index (χ1n) is 8.49. The van der Waals surface area contributed by atoms with Gasteiger partial charge >= 0.3 is 0 Å². The largest absolute Gasteiger partial charge is 0.354 e. The molecule has 0 heterocycles. The zero-order valence-electron chi connectivity index (χ0n) is 14.7. The Labute approximate surface area is 150 Å². The summed E-state index contributed by atoms with van der Waals surface area (Å²) in [5.41, 5.74) is 2.23. The lowest BCUT2D eigenvalue weighted by molar-refractivity contribution is -0.121. The molecule has 134 valence electrons. The van der Waals surface area contributed by atoms with Crippen molar-refractivity contribution in [3.05, 3.63) is 65.7 Å². The Morgan fingerprint density at radius 2 is 1.68 bits per heavy atom. The predicted octanol–water partition coefficient (Wildman–Crippen LogP) is 3.30.